The minimum absolute atomic E-state index is 0. The van der Waals surface area contributed by atoms with Gasteiger partial charge in [0.25, 0.3) is 0 Å². The van der Waals surface area contributed by atoms with E-state index in [2.05, 4.69) is 38.2 Å². The number of carbonyl (C=O) groups excluding carboxylic acids is 1. The maximum absolute atomic E-state index is 11.7. The highest BCUT2D eigenvalue weighted by molar-refractivity contribution is 14.0. The third-order valence-corrected chi connectivity index (χ3v) is 4.85. The van der Waals surface area contributed by atoms with E-state index in [1.807, 2.05) is 60.3 Å². The lowest BCUT2D eigenvalue weighted by atomic mass is 10.1. The van der Waals surface area contributed by atoms with E-state index in [-0.39, 0.29) is 29.9 Å². The molecule has 0 unspecified atom stereocenters. The Balaban J connectivity index is 0.00000363. The molecule has 0 radical (unpaired) electrons. The van der Waals surface area contributed by atoms with Crippen LogP contribution in [-0.4, -0.2) is 28.7 Å². The van der Waals surface area contributed by atoms with Gasteiger partial charge in [-0.1, -0.05) is 43.3 Å². The van der Waals surface area contributed by atoms with Gasteiger partial charge in [0.2, 0.25) is 5.91 Å². The van der Waals surface area contributed by atoms with Gasteiger partial charge in [-0.2, -0.15) is 5.10 Å². The highest BCUT2D eigenvalue weighted by Crippen LogP contribution is 2.11. The van der Waals surface area contributed by atoms with Gasteiger partial charge in [0.05, 0.1) is 6.54 Å². The summed E-state index contributed by atoms with van der Waals surface area (Å²) in [6.45, 7) is 4.03. The predicted octanol–water partition coefficient (Wildman–Crippen LogP) is 4.15. The second-order valence-electron chi connectivity index (χ2n) is 7.25. The maximum Gasteiger partial charge on any atom is 0.224 e. The lowest BCUT2D eigenvalue weighted by Gasteiger charge is -2.15. The summed E-state index contributed by atoms with van der Waals surface area (Å²) in [4.78, 5) is 16.0. The van der Waals surface area contributed by atoms with Crippen LogP contribution in [0.1, 0.15) is 36.5 Å². The number of amides is 1. The average molecular weight is 546 g/mol. The van der Waals surface area contributed by atoms with E-state index >= 15 is 0 Å². The summed E-state index contributed by atoms with van der Waals surface area (Å²) in [7, 11) is 1.76. The van der Waals surface area contributed by atoms with Crippen molar-refractivity contribution in [2.75, 3.05) is 12.4 Å². The molecule has 0 spiro atoms. The Morgan fingerprint density at radius 3 is 2.38 bits per heavy atom. The largest absolute Gasteiger partial charge is 0.352 e. The number of aromatic nitrogens is 2. The van der Waals surface area contributed by atoms with Crippen LogP contribution in [0.3, 0.4) is 0 Å². The molecule has 32 heavy (non-hydrogen) atoms. The van der Waals surface area contributed by atoms with Crippen LogP contribution in [0.4, 0.5) is 5.69 Å². The summed E-state index contributed by atoms with van der Waals surface area (Å²) in [6.07, 6.45) is 5.13. The fourth-order valence-corrected chi connectivity index (χ4v) is 3.19. The average Bonchev–Trinajstić information content (AvgIpc) is 3.29. The molecule has 1 aromatic heterocycles. The first kappa shape index (κ1) is 25.4. The fraction of sp³-hybridized carbons (Fsp3) is 0.292. The van der Waals surface area contributed by atoms with Crippen LogP contribution in [-0.2, 0) is 24.4 Å². The molecule has 0 fully saturated rings. The van der Waals surface area contributed by atoms with E-state index in [4.69, 9.17) is 0 Å². The third-order valence-electron chi connectivity index (χ3n) is 4.85. The zero-order chi connectivity index (χ0) is 21.9. The van der Waals surface area contributed by atoms with Gasteiger partial charge in [-0.05, 0) is 41.3 Å². The molecule has 0 saturated heterocycles. The van der Waals surface area contributed by atoms with Crippen molar-refractivity contribution >= 4 is 41.5 Å². The summed E-state index contributed by atoms with van der Waals surface area (Å²) < 4.78 is 1.92. The van der Waals surface area contributed by atoms with Gasteiger partial charge in [0.15, 0.2) is 5.96 Å². The number of benzene rings is 2. The van der Waals surface area contributed by atoms with Crippen LogP contribution < -0.4 is 16.0 Å². The number of guanidine groups is 1. The van der Waals surface area contributed by atoms with Crippen molar-refractivity contribution in [3.63, 3.8) is 0 Å². The van der Waals surface area contributed by atoms with Gasteiger partial charge in [-0.25, -0.2) is 0 Å². The van der Waals surface area contributed by atoms with Crippen molar-refractivity contribution < 1.29 is 4.79 Å². The molecule has 0 bridgehead atoms. The van der Waals surface area contributed by atoms with Gasteiger partial charge in [-0.15, -0.1) is 24.0 Å². The molecule has 0 aliphatic heterocycles. The van der Waals surface area contributed by atoms with Crippen LogP contribution in [0.5, 0.6) is 0 Å². The standard InChI is InChI=1S/C24H30N6O.HI/c1-3-7-23(31)29-22-12-10-19(11-13-22)16-26-24(25-2)27-17-20-8-4-5-9-21(20)18-30-15-6-14-28-30;/h4-6,8-15H,3,7,16-18H2,1-2H3,(H,29,31)(H2,25,26,27);1H. The first-order chi connectivity index (χ1) is 15.2. The van der Waals surface area contributed by atoms with E-state index in [9.17, 15) is 4.79 Å². The smallest absolute Gasteiger partial charge is 0.224 e. The van der Waals surface area contributed by atoms with Gasteiger partial charge in [-0.3, -0.25) is 14.5 Å². The molecule has 3 N–H and O–H groups in total. The third kappa shape index (κ3) is 7.99. The van der Waals surface area contributed by atoms with Crippen LogP contribution in [0.15, 0.2) is 72.0 Å². The van der Waals surface area contributed by atoms with Crippen molar-refractivity contribution in [1.82, 2.24) is 20.4 Å². The lowest BCUT2D eigenvalue weighted by Crippen LogP contribution is -2.36. The summed E-state index contributed by atoms with van der Waals surface area (Å²) in [6, 6.07) is 18.1. The van der Waals surface area contributed by atoms with Crippen molar-refractivity contribution in [2.45, 2.75) is 39.4 Å². The molecule has 0 atom stereocenters. The summed E-state index contributed by atoms with van der Waals surface area (Å²) in [5.41, 5.74) is 4.34. The molecule has 170 valence electrons. The second kappa shape index (κ2) is 13.5. The number of anilines is 1. The molecule has 0 aliphatic carbocycles. The topological polar surface area (TPSA) is 83.3 Å². The first-order valence-corrected chi connectivity index (χ1v) is 10.6. The molecule has 2 aromatic carbocycles. The number of hydrogen-bond donors (Lipinski definition) is 3. The van der Waals surface area contributed by atoms with E-state index in [1.54, 1.807) is 13.2 Å². The van der Waals surface area contributed by atoms with Crippen LogP contribution in [0, 0.1) is 0 Å². The molecule has 3 rings (SSSR count). The van der Waals surface area contributed by atoms with Crippen molar-refractivity contribution in [2.24, 2.45) is 4.99 Å². The van der Waals surface area contributed by atoms with E-state index in [0.29, 0.717) is 19.5 Å². The molecule has 8 heteroatoms. The molecule has 1 heterocycles. The summed E-state index contributed by atoms with van der Waals surface area (Å²) in [5.74, 6) is 0.778. The quantitative estimate of drug-likeness (QED) is 0.214. The Hall–Kier alpha value is -2.88. The van der Waals surface area contributed by atoms with Gasteiger partial charge in [0, 0.05) is 44.6 Å². The zero-order valence-corrected chi connectivity index (χ0v) is 20.9. The van der Waals surface area contributed by atoms with E-state index in [0.717, 1.165) is 30.2 Å². The molecule has 3 aromatic rings. The minimum Gasteiger partial charge on any atom is -0.352 e. The predicted molar refractivity (Wildman–Crippen MR) is 140 cm³/mol. The number of carbonyl (C=O) groups is 1. The normalized spacial score (nSPS) is 10.9. The molecule has 1 amide bonds. The molecule has 0 aliphatic rings. The fourth-order valence-electron chi connectivity index (χ4n) is 3.19. The second-order valence-corrected chi connectivity index (χ2v) is 7.25. The van der Waals surface area contributed by atoms with Crippen molar-refractivity contribution in [3.05, 3.63) is 83.7 Å². The summed E-state index contributed by atoms with van der Waals surface area (Å²) in [5, 5.41) is 13.9. The molecular weight excluding hydrogens is 515 g/mol. The Kier molecular flexibility index (Phi) is 10.7. The Bertz CT molecular complexity index is 986. The zero-order valence-electron chi connectivity index (χ0n) is 18.5. The van der Waals surface area contributed by atoms with E-state index in [1.165, 1.54) is 11.1 Å². The van der Waals surface area contributed by atoms with Crippen LogP contribution in [0.25, 0.3) is 0 Å². The lowest BCUT2D eigenvalue weighted by molar-refractivity contribution is -0.116. The first-order valence-electron chi connectivity index (χ1n) is 10.6. The Labute approximate surface area is 206 Å². The van der Waals surface area contributed by atoms with Gasteiger partial charge in [0.1, 0.15) is 0 Å². The SMILES string of the molecule is CCCC(=O)Nc1ccc(CNC(=NC)NCc2ccccc2Cn2cccn2)cc1.I. The number of nitrogens with one attached hydrogen (secondary N) is 3. The molecule has 0 saturated carbocycles. The van der Waals surface area contributed by atoms with Crippen LogP contribution >= 0.6 is 24.0 Å². The highest BCUT2D eigenvalue weighted by Gasteiger charge is 2.05. The van der Waals surface area contributed by atoms with Crippen molar-refractivity contribution in [1.29, 1.82) is 0 Å². The maximum atomic E-state index is 11.7. The number of halogens is 1. The number of nitrogens with zero attached hydrogens (tertiary/aromatic N) is 3. The van der Waals surface area contributed by atoms with Gasteiger partial charge >= 0.3 is 0 Å². The Morgan fingerprint density at radius 1 is 1.00 bits per heavy atom. The number of aliphatic imine (C=N–C) groups is 1. The van der Waals surface area contributed by atoms with Crippen LogP contribution in [0.2, 0.25) is 0 Å². The summed E-state index contributed by atoms with van der Waals surface area (Å²) >= 11 is 0. The van der Waals surface area contributed by atoms with Gasteiger partial charge < -0.3 is 16.0 Å². The van der Waals surface area contributed by atoms with Crippen molar-refractivity contribution in [3.8, 4) is 0 Å². The number of hydrogen-bond acceptors (Lipinski definition) is 3. The molecule has 7 nitrogen and oxygen atoms in total. The van der Waals surface area contributed by atoms with E-state index < -0.39 is 0 Å². The number of rotatable bonds is 9. The molecular formula is C24H31IN6O. The highest BCUT2D eigenvalue weighted by atomic mass is 127. The minimum atomic E-state index is 0. The monoisotopic (exact) mass is 546 g/mol. The Morgan fingerprint density at radius 2 is 1.72 bits per heavy atom.